The van der Waals surface area contributed by atoms with Crippen LogP contribution in [0.25, 0.3) is 22.0 Å². The van der Waals surface area contributed by atoms with Gasteiger partial charge in [0.15, 0.2) is 47.1 Å². The van der Waals surface area contributed by atoms with Gasteiger partial charge in [-0.25, -0.2) is 9.97 Å². The molecule has 1 N–H and O–H groups in total. The number of pyridine rings is 2. The molecule has 1 amide bonds. The Bertz CT molecular complexity index is 1510. The highest BCUT2D eigenvalue weighted by Crippen LogP contribution is 2.30. The molecule has 0 saturated carbocycles. The Balaban J connectivity index is 1.32. The Morgan fingerprint density at radius 3 is 2.31 bits per heavy atom. The minimum absolute atomic E-state index is 0.140. The summed E-state index contributed by atoms with van der Waals surface area (Å²) in [6.45, 7) is 3.85. The topological polar surface area (TPSA) is 88.8 Å². The van der Waals surface area contributed by atoms with Gasteiger partial charge in [-0.15, -0.1) is 5.10 Å². The summed E-state index contributed by atoms with van der Waals surface area (Å²) < 4.78 is 2.72. The molecule has 1 aliphatic heterocycles. The minimum atomic E-state index is -0.206. The minimum Gasteiger partial charge on any atom is -0.355 e. The van der Waals surface area contributed by atoms with Crippen LogP contribution in [0.1, 0.15) is 10.4 Å². The number of fused-ring (bicyclic) bond motifs is 1. The summed E-state index contributed by atoms with van der Waals surface area (Å²) in [5, 5.41) is 13.4. The van der Waals surface area contributed by atoms with Crippen LogP contribution in [-0.2, 0) is 7.05 Å². The standard InChI is InChI=1S/C24H32B6N8O/c1-36-14-19(34-35-36)15-2-3-17-13-32-20(11-18(17)10-15)33-22(39)16-4-5-31-21(12-16)37-6-8-38(9-7-37,23(25,26)27)24(28,29)30/h2-5,10-14H,6-9,25-30H2,1H3/p+1. The first-order chi connectivity index (χ1) is 18.4. The predicted molar refractivity (Wildman–Crippen MR) is 173 cm³/mol. The van der Waals surface area contributed by atoms with Gasteiger partial charge in [-0.2, -0.15) is 0 Å². The van der Waals surface area contributed by atoms with Crippen molar-refractivity contribution in [1.29, 1.82) is 0 Å². The van der Waals surface area contributed by atoms with Crippen molar-refractivity contribution >= 4 is 75.4 Å². The molecule has 0 atom stereocenters. The van der Waals surface area contributed by atoms with Crippen molar-refractivity contribution in [3.8, 4) is 11.3 Å². The zero-order valence-electron chi connectivity index (χ0n) is 24.1. The highest BCUT2D eigenvalue weighted by Gasteiger charge is 2.49. The zero-order chi connectivity index (χ0) is 28.0. The van der Waals surface area contributed by atoms with Gasteiger partial charge in [-0.1, -0.05) is 17.3 Å². The van der Waals surface area contributed by atoms with Crippen LogP contribution in [0, 0.1) is 0 Å². The number of amides is 1. The largest absolute Gasteiger partial charge is 0.355 e. The van der Waals surface area contributed by atoms with E-state index in [1.807, 2.05) is 43.6 Å². The molecule has 5 rings (SSSR count). The maximum atomic E-state index is 13.2. The van der Waals surface area contributed by atoms with E-state index >= 15 is 0 Å². The third kappa shape index (κ3) is 5.24. The van der Waals surface area contributed by atoms with Gasteiger partial charge in [0.1, 0.15) is 17.3 Å². The molecule has 1 aliphatic rings. The molecule has 4 aromatic rings. The maximum absolute atomic E-state index is 13.2. The molecule has 39 heavy (non-hydrogen) atoms. The molecular formula is C24H33B6N8O+. The van der Waals surface area contributed by atoms with E-state index in [0.717, 1.165) is 58.5 Å². The number of hydrogen-bond acceptors (Lipinski definition) is 6. The van der Waals surface area contributed by atoms with Crippen LogP contribution in [0.2, 0.25) is 0 Å². The van der Waals surface area contributed by atoms with Crippen molar-refractivity contribution in [3.63, 3.8) is 0 Å². The molecule has 4 heterocycles. The molecule has 192 valence electrons. The highest BCUT2D eigenvalue weighted by atomic mass is 16.1. The number of quaternary nitrogens is 1. The number of nitrogens with zero attached hydrogens (tertiary/aromatic N) is 7. The number of benzene rings is 1. The Labute approximate surface area is 235 Å². The molecule has 0 spiro atoms. The van der Waals surface area contributed by atoms with E-state index in [9.17, 15) is 4.79 Å². The van der Waals surface area contributed by atoms with Crippen LogP contribution in [0.4, 0.5) is 11.6 Å². The number of aromatic nitrogens is 5. The fourth-order valence-electron chi connectivity index (χ4n) is 6.15. The number of carbonyl (C=O) groups excluding carboxylic acids is 1. The molecule has 9 nitrogen and oxygen atoms in total. The number of aryl methyl sites for hydroxylation is 1. The lowest BCUT2D eigenvalue weighted by Gasteiger charge is -2.62. The molecule has 15 heteroatoms. The van der Waals surface area contributed by atoms with Crippen LogP contribution in [0.15, 0.2) is 55.0 Å². The highest BCUT2D eigenvalue weighted by molar-refractivity contribution is 6.61. The van der Waals surface area contributed by atoms with Crippen LogP contribution >= 0.6 is 0 Å². The van der Waals surface area contributed by atoms with E-state index in [0.29, 0.717) is 11.4 Å². The third-order valence-electron chi connectivity index (χ3n) is 8.26. The summed E-state index contributed by atoms with van der Waals surface area (Å²) >= 11 is 0. The second-order valence-corrected chi connectivity index (χ2v) is 12.5. The van der Waals surface area contributed by atoms with Gasteiger partial charge in [-0.3, -0.25) is 9.48 Å². The zero-order valence-corrected chi connectivity index (χ0v) is 24.1. The Morgan fingerprint density at radius 1 is 0.949 bits per heavy atom. The first-order valence-corrected chi connectivity index (χ1v) is 13.5. The van der Waals surface area contributed by atoms with E-state index in [1.165, 1.54) is 0 Å². The van der Waals surface area contributed by atoms with Gasteiger partial charge in [0, 0.05) is 36.0 Å². The Kier molecular flexibility index (Phi) is 6.91. The number of rotatable bonds is 6. The Morgan fingerprint density at radius 2 is 1.67 bits per heavy atom. The second-order valence-electron chi connectivity index (χ2n) is 12.5. The number of nitrogens with one attached hydrogen (secondary N) is 1. The Hall–Kier alpha value is -3.46. The lowest BCUT2D eigenvalue weighted by atomic mass is 9.38. The third-order valence-corrected chi connectivity index (χ3v) is 8.26. The smallest absolute Gasteiger partial charge is 0.257 e. The first-order valence-electron chi connectivity index (χ1n) is 13.5. The van der Waals surface area contributed by atoms with Gasteiger partial charge in [-0.05, 0) is 40.1 Å². The quantitative estimate of drug-likeness (QED) is 0.211. The predicted octanol–water partition coefficient (Wildman–Crippen LogP) is -3.66. The van der Waals surface area contributed by atoms with E-state index in [4.69, 9.17) is 0 Å². The van der Waals surface area contributed by atoms with Crippen LogP contribution < -0.4 is 10.2 Å². The van der Waals surface area contributed by atoms with Crippen molar-refractivity contribution in [1.82, 2.24) is 25.0 Å². The first kappa shape index (κ1) is 27.1. The van der Waals surface area contributed by atoms with E-state index in [2.05, 4.69) is 77.6 Å². The van der Waals surface area contributed by atoms with Crippen molar-refractivity contribution in [2.45, 2.75) is 10.5 Å². The second kappa shape index (κ2) is 9.93. The molecule has 3 aromatic heterocycles. The molecule has 0 unspecified atom stereocenters. The number of hydrogen-bond donors (Lipinski definition) is 1. The molecule has 1 saturated heterocycles. The fraction of sp³-hybridized carbons (Fsp3) is 0.292. The van der Waals surface area contributed by atoms with E-state index in [1.54, 1.807) is 23.1 Å². The lowest BCUT2D eigenvalue weighted by Crippen LogP contribution is -2.81. The summed E-state index contributed by atoms with van der Waals surface area (Å²) in [4.78, 5) is 24.6. The van der Waals surface area contributed by atoms with E-state index in [-0.39, 0.29) is 16.4 Å². The molecule has 0 aliphatic carbocycles. The lowest BCUT2D eigenvalue weighted by molar-refractivity contribution is -0.948. The monoisotopic (exact) mass is 515 g/mol. The van der Waals surface area contributed by atoms with Gasteiger partial charge in [0.25, 0.3) is 5.91 Å². The maximum Gasteiger partial charge on any atom is 0.257 e. The summed E-state index contributed by atoms with van der Waals surface area (Å²) in [7, 11) is 15.9. The summed E-state index contributed by atoms with van der Waals surface area (Å²) in [6, 6.07) is 11.6. The molecule has 1 aromatic carbocycles. The SMILES string of the molecule is BC(B)(B)[N+]1(C(B)(B)B)CCN(c2cc(C(=O)Nc3cc4cc(-c5cn(C)nn5)ccc4cn3)ccn2)CC1. The molecule has 1 fully saturated rings. The number of piperazine rings is 1. The van der Waals surface area contributed by atoms with Crippen molar-refractivity contribution in [2.75, 3.05) is 36.4 Å². The average Bonchev–Trinajstić information content (AvgIpc) is 3.33. The van der Waals surface area contributed by atoms with Gasteiger partial charge in [0.2, 0.25) is 0 Å². The molecule has 0 bridgehead atoms. The van der Waals surface area contributed by atoms with Crippen molar-refractivity contribution in [3.05, 3.63) is 60.6 Å². The van der Waals surface area contributed by atoms with Crippen molar-refractivity contribution < 1.29 is 9.28 Å². The van der Waals surface area contributed by atoms with Crippen LogP contribution in [0.5, 0.6) is 0 Å². The van der Waals surface area contributed by atoms with Crippen LogP contribution in [0.3, 0.4) is 0 Å². The van der Waals surface area contributed by atoms with E-state index < -0.39 is 0 Å². The van der Waals surface area contributed by atoms with Crippen molar-refractivity contribution in [2.24, 2.45) is 7.05 Å². The van der Waals surface area contributed by atoms with Gasteiger partial charge >= 0.3 is 0 Å². The molecular weight excluding hydrogens is 481 g/mol. The summed E-state index contributed by atoms with van der Waals surface area (Å²) in [5.74, 6) is 1.13. The van der Waals surface area contributed by atoms with Crippen LogP contribution in [-0.4, -0.2) is 119 Å². The van der Waals surface area contributed by atoms with Gasteiger partial charge in [0.05, 0.1) is 32.4 Å². The summed E-state index contributed by atoms with van der Waals surface area (Å²) in [5.41, 5.74) is 2.32. The average molecular weight is 514 g/mol. The fourth-order valence-corrected chi connectivity index (χ4v) is 6.15. The summed E-state index contributed by atoms with van der Waals surface area (Å²) in [6.07, 6.45) is 5.36. The normalized spacial score (nSPS) is 15.8. The number of carbonyl (C=O) groups is 1. The molecule has 0 radical (unpaired) electrons. The van der Waals surface area contributed by atoms with Gasteiger partial charge < -0.3 is 14.7 Å². The number of anilines is 2.